The summed E-state index contributed by atoms with van der Waals surface area (Å²) in [6, 6.07) is 15.9. The van der Waals surface area contributed by atoms with Gasteiger partial charge in [-0.2, -0.15) is 0 Å². The van der Waals surface area contributed by atoms with Crippen molar-refractivity contribution in [3.05, 3.63) is 99.2 Å². The molecule has 0 aliphatic heterocycles. The third-order valence-electron chi connectivity index (χ3n) is 3.95. The number of anilines is 1. The number of benzene rings is 2. The number of aromatic nitrogens is 1. The van der Waals surface area contributed by atoms with Gasteiger partial charge in [0.15, 0.2) is 0 Å². The number of carbonyl (C=O) groups is 1. The second-order valence-electron chi connectivity index (χ2n) is 5.92. The summed E-state index contributed by atoms with van der Waals surface area (Å²) < 4.78 is 14.6. The van der Waals surface area contributed by atoms with Crippen molar-refractivity contribution in [2.45, 2.75) is 13.0 Å². The van der Waals surface area contributed by atoms with Crippen molar-refractivity contribution in [2.24, 2.45) is 0 Å². The van der Waals surface area contributed by atoms with Gasteiger partial charge in [-0.25, -0.2) is 4.39 Å². The number of amides is 1. The summed E-state index contributed by atoms with van der Waals surface area (Å²) in [7, 11) is 0. The number of hydrazine groups is 1. The van der Waals surface area contributed by atoms with E-state index in [2.05, 4.69) is 10.9 Å². The summed E-state index contributed by atoms with van der Waals surface area (Å²) in [5, 5.41) is 0.653. The van der Waals surface area contributed by atoms with Gasteiger partial charge in [0.2, 0.25) is 0 Å². The SMILES string of the molecule is O=C(NNc1cccc(F)c1)c1ccc(=O)n(CCc2ccc(Cl)cc2)c1. The maximum absolute atomic E-state index is 13.2. The Hall–Kier alpha value is -3.12. The van der Waals surface area contributed by atoms with E-state index >= 15 is 0 Å². The van der Waals surface area contributed by atoms with Crippen LogP contribution in [0.15, 0.2) is 71.7 Å². The largest absolute Gasteiger partial charge is 0.314 e. The Balaban J connectivity index is 1.65. The minimum atomic E-state index is -0.431. The van der Waals surface area contributed by atoms with E-state index in [1.54, 1.807) is 18.2 Å². The highest BCUT2D eigenvalue weighted by Crippen LogP contribution is 2.11. The Labute approximate surface area is 160 Å². The summed E-state index contributed by atoms with van der Waals surface area (Å²) in [5.74, 6) is -0.843. The summed E-state index contributed by atoms with van der Waals surface area (Å²) in [4.78, 5) is 24.3. The molecular formula is C20H17ClFN3O2. The zero-order chi connectivity index (χ0) is 19.2. The van der Waals surface area contributed by atoms with Gasteiger partial charge in [0, 0.05) is 23.8 Å². The van der Waals surface area contributed by atoms with Gasteiger partial charge < -0.3 is 4.57 Å². The molecule has 1 aromatic heterocycles. The number of aryl methyl sites for hydroxylation is 2. The van der Waals surface area contributed by atoms with E-state index in [1.807, 2.05) is 12.1 Å². The van der Waals surface area contributed by atoms with E-state index < -0.39 is 11.7 Å². The zero-order valence-electron chi connectivity index (χ0n) is 14.3. The van der Waals surface area contributed by atoms with Gasteiger partial charge in [-0.1, -0.05) is 29.8 Å². The fourth-order valence-corrected chi connectivity index (χ4v) is 2.63. The minimum Gasteiger partial charge on any atom is -0.314 e. The van der Waals surface area contributed by atoms with Crippen molar-refractivity contribution < 1.29 is 9.18 Å². The van der Waals surface area contributed by atoms with Gasteiger partial charge in [-0.15, -0.1) is 0 Å². The lowest BCUT2D eigenvalue weighted by Gasteiger charge is -2.11. The lowest BCUT2D eigenvalue weighted by Crippen LogP contribution is -2.31. The summed E-state index contributed by atoms with van der Waals surface area (Å²) >= 11 is 5.87. The average Bonchev–Trinajstić information content (AvgIpc) is 2.67. The molecule has 138 valence electrons. The van der Waals surface area contributed by atoms with Crippen LogP contribution in [0, 0.1) is 5.82 Å². The smallest absolute Gasteiger partial charge is 0.271 e. The highest BCUT2D eigenvalue weighted by molar-refractivity contribution is 6.30. The molecule has 1 amide bonds. The molecule has 0 aliphatic carbocycles. The van der Waals surface area contributed by atoms with E-state index in [4.69, 9.17) is 11.6 Å². The molecule has 2 N–H and O–H groups in total. The second-order valence-corrected chi connectivity index (χ2v) is 6.35. The fraction of sp³-hybridized carbons (Fsp3) is 0.100. The Bertz CT molecular complexity index is 1000. The van der Waals surface area contributed by atoms with Gasteiger partial charge >= 0.3 is 0 Å². The molecule has 0 unspecified atom stereocenters. The Morgan fingerprint density at radius 1 is 1.07 bits per heavy atom. The monoisotopic (exact) mass is 385 g/mol. The van der Waals surface area contributed by atoms with Crippen molar-refractivity contribution in [1.29, 1.82) is 0 Å². The van der Waals surface area contributed by atoms with Gasteiger partial charge in [0.05, 0.1) is 11.3 Å². The average molecular weight is 386 g/mol. The quantitative estimate of drug-likeness (QED) is 0.637. The maximum Gasteiger partial charge on any atom is 0.271 e. The highest BCUT2D eigenvalue weighted by Gasteiger charge is 2.08. The van der Waals surface area contributed by atoms with Crippen molar-refractivity contribution in [2.75, 3.05) is 5.43 Å². The van der Waals surface area contributed by atoms with Crippen LogP contribution in [0.4, 0.5) is 10.1 Å². The third-order valence-corrected chi connectivity index (χ3v) is 4.20. The first-order valence-corrected chi connectivity index (χ1v) is 8.66. The summed E-state index contributed by atoms with van der Waals surface area (Å²) in [6.45, 7) is 0.429. The zero-order valence-corrected chi connectivity index (χ0v) is 15.0. The molecule has 0 saturated carbocycles. The fourth-order valence-electron chi connectivity index (χ4n) is 2.51. The number of hydrogen-bond donors (Lipinski definition) is 2. The molecule has 0 aliphatic rings. The number of halogens is 2. The molecule has 27 heavy (non-hydrogen) atoms. The Morgan fingerprint density at radius 2 is 1.85 bits per heavy atom. The van der Waals surface area contributed by atoms with E-state index in [0.29, 0.717) is 29.2 Å². The third kappa shape index (κ3) is 5.18. The van der Waals surface area contributed by atoms with Crippen molar-refractivity contribution in [3.63, 3.8) is 0 Å². The molecule has 0 atom stereocenters. The number of hydrogen-bond acceptors (Lipinski definition) is 3. The van der Waals surface area contributed by atoms with Gasteiger partial charge in [-0.3, -0.25) is 20.4 Å². The van der Waals surface area contributed by atoms with Crippen molar-refractivity contribution in [3.8, 4) is 0 Å². The normalized spacial score (nSPS) is 10.4. The van der Waals surface area contributed by atoms with Crippen LogP contribution >= 0.6 is 11.6 Å². The molecule has 1 heterocycles. The Morgan fingerprint density at radius 3 is 2.59 bits per heavy atom. The summed E-state index contributed by atoms with van der Waals surface area (Å²) in [6.07, 6.45) is 2.13. The first-order chi connectivity index (χ1) is 13.0. The molecule has 5 nitrogen and oxygen atoms in total. The van der Waals surface area contributed by atoms with E-state index in [0.717, 1.165) is 5.56 Å². The van der Waals surface area contributed by atoms with Crippen LogP contribution in [-0.4, -0.2) is 10.5 Å². The van der Waals surface area contributed by atoms with Crippen LogP contribution in [0.2, 0.25) is 5.02 Å². The molecule has 7 heteroatoms. The van der Waals surface area contributed by atoms with E-state index in [1.165, 1.54) is 41.1 Å². The number of nitrogens with zero attached hydrogens (tertiary/aromatic N) is 1. The van der Waals surface area contributed by atoms with Gasteiger partial charge in [0.1, 0.15) is 5.82 Å². The van der Waals surface area contributed by atoms with Crippen LogP contribution in [0.25, 0.3) is 0 Å². The van der Waals surface area contributed by atoms with Crippen LogP contribution in [-0.2, 0) is 13.0 Å². The van der Waals surface area contributed by atoms with Gasteiger partial charge in [0.25, 0.3) is 11.5 Å². The number of rotatable bonds is 6. The van der Waals surface area contributed by atoms with E-state index in [9.17, 15) is 14.0 Å². The number of pyridine rings is 1. The van der Waals surface area contributed by atoms with Crippen LogP contribution in [0.1, 0.15) is 15.9 Å². The first kappa shape index (κ1) is 18.7. The maximum atomic E-state index is 13.2. The second kappa shape index (κ2) is 8.51. The lowest BCUT2D eigenvalue weighted by molar-refractivity contribution is 0.0961. The molecule has 2 aromatic carbocycles. The molecule has 0 radical (unpaired) electrons. The van der Waals surface area contributed by atoms with Crippen LogP contribution in [0.5, 0.6) is 0 Å². The topological polar surface area (TPSA) is 63.1 Å². The standard InChI is InChI=1S/C20H17ClFN3O2/c21-16-7-4-14(5-8-16)10-11-25-13-15(6-9-19(25)26)20(27)24-23-18-3-1-2-17(22)12-18/h1-9,12-13,23H,10-11H2,(H,24,27). The van der Waals surface area contributed by atoms with Gasteiger partial charge in [-0.05, 0) is 48.4 Å². The Kier molecular flexibility index (Phi) is 5.88. The van der Waals surface area contributed by atoms with Crippen molar-refractivity contribution >= 4 is 23.2 Å². The molecule has 0 saturated heterocycles. The van der Waals surface area contributed by atoms with Crippen LogP contribution < -0.4 is 16.4 Å². The molecule has 0 bridgehead atoms. The lowest BCUT2D eigenvalue weighted by atomic mass is 10.1. The predicted octanol–water partition coefficient (Wildman–Crippen LogP) is 3.64. The number of nitrogens with one attached hydrogen (secondary N) is 2. The number of carbonyl (C=O) groups excluding carboxylic acids is 1. The van der Waals surface area contributed by atoms with E-state index in [-0.39, 0.29) is 5.56 Å². The minimum absolute atomic E-state index is 0.196. The first-order valence-electron chi connectivity index (χ1n) is 8.28. The predicted molar refractivity (Wildman–Crippen MR) is 103 cm³/mol. The molecule has 3 rings (SSSR count). The molecule has 0 fully saturated rings. The molecule has 3 aromatic rings. The van der Waals surface area contributed by atoms with Crippen molar-refractivity contribution in [1.82, 2.24) is 9.99 Å². The molecule has 0 spiro atoms. The van der Waals surface area contributed by atoms with Crippen LogP contribution in [0.3, 0.4) is 0 Å². The highest BCUT2D eigenvalue weighted by atomic mass is 35.5. The summed E-state index contributed by atoms with van der Waals surface area (Å²) in [5.41, 5.74) is 6.70. The molecular weight excluding hydrogens is 369 g/mol.